The zero-order chi connectivity index (χ0) is 25.9. The van der Waals surface area contributed by atoms with Crippen molar-refractivity contribution in [1.29, 1.82) is 0 Å². The lowest BCUT2D eigenvalue weighted by Gasteiger charge is -2.25. The molecule has 0 N–H and O–H groups in total. The van der Waals surface area contributed by atoms with Crippen molar-refractivity contribution >= 4 is 55.8 Å². The summed E-state index contributed by atoms with van der Waals surface area (Å²) in [5.74, 6) is 0.632. The van der Waals surface area contributed by atoms with Crippen molar-refractivity contribution < 1.29 is 0 Å². The Morgan fingerprint density at radius 3 is 1.82 bits per heavy atom. The molecule has 8 rings (SSSR count). The van der Waals surface area contributed by atoms with Gasteiger partial charge in [-0.3, -0.25) is 0 Å². The molecule has 0 radical (unpaired) electrons. The van der Waals surface area contributed by atoms with Crippen molar-refractivity contribution in [3.8, 4) is 22.3 Å². The fourth-order valence-electron chi connectivity index (χ4n) is 6.06. The Morgan fingerprint density at radius 1 is 0.513 bits per heavy atom. The second-order valence-corrected chi connectivity index (χ2v) is 12.8. The van der Waals surface area contributed by atoms with Crippen LogP contribution in [-0.4, -0.2) is 0 Å². The average molecular weight is 535 g/mol. The van der Waals surface area contributed by atoms with E-state index in [4.69, 9.17) is 0 Å². The predicted octanol–water partition coefficient (Wildman–Crippen LogP) is 11.5. The highest BCUT2D eigenvalue weighted by Gasteiger charge is 2.22. The standard InChI is InChI=1S/C37H26S2/c1-23-13-17-34-36(19-23)38-35-18-15-27(22-37(35)39-34)25-8-6-7-24(20-25)26-14-16-32-30-11-3-2-9-28(30)29-10-4-5-12-31(29)33(32)21-26/h2-18,20-23H,19H2,1H3. The van der Waals surface area contributed by atoms with Gasteiger partial charge in [-0.25, -0.2) is 0 Å². The van der Waals surface area contributed by atoms with Crippen LogP contribution in [0.25, 0.3) is 54.6 Å². The van der Waals surface area contributed by atoms with Crippen LogP contribution in [0, 0.1) is 5.92 Å². The SMILES string of the molecule is CC1C=CC2=C(C1)Sc1ccc(-c3cccc(-c4ccc5c6ccccc6c6ccccc6c5c4)c3)cc1S2. The molecule has 1 atom stereocenters. The number of rotatable bonds is 2. The summed E-state index contributed by atoms with van der Waals surface area (Å²) in [6.07, 6.45) is 5.83. The van der Waals surface area contributed by atoms with Gasteiger partial charge in [0.1, 0.15) is 0 Å². The Labute approximate surface area is 237 Å². The van der Waals surface area contributed by atoms with Crippen LogP contribution in [-0.2, 0) is 0 Å². The summed E-state index contributed by atoms with van der Waals surface area (Å²) in [5.41, 5.74) is 5.04. The Morgan fingerprint density at radius 2 is 1.10 bits per heavy atom. The summed E-state index contributed by atoms with van der Waals surface area (Å²) in [6, 6.07) is 40.6. The van der Waals surface area contributed by atoms with Gasteiger partial charge >= 0.3 is 0 Å². The molecule has 0 amide bonds. The summed E-state index contributed by atoms with van der Waals surface area (Å²) in [4.78, 5) is 5.70. The molecular formula is C37H26S2. The van der Waals surface area contributed by atoms with E-state index in [1.807, 2.05) is 23.5 Å². The van der Waals surface area contributed by atoms with Crippen molar-refractivity contribution in [2.75, 3.05) is 0 Å². The number of hydrogen-bond donors (Lipinski definition) is 0. The number of allylic oxidation sites excluding steroid dienone is 3. The van der Waals surface area contributed by atoms with Gasteiger partial charge in [0, 0.05) is 19.6 Å². The van der Waals surface area contributed by atoms with Gasteiger partial charge in [-0.2, -0.15) is 0 Å². The second kappa shape index (κ2) is 9.19. The molecule has 1 unspecified atom stereocenters. The van der Waals surface area contributed by atoms with Gasteiger partial charge in [0.15, 0.2) is 0 Å². The highest BCUT2D eigenvalue weighted by atomic mass is 32.2. The van der Waals surface area contributed by atoms with Crippen LogP contribution in [0.5, 0.6) is 0 Å². The van der Waals surface area contributed by atoms with E-state index < -0.39 is 0 Å². The first-order valence-corrected chi connectivity index (χ1v) is 15.2. The molecule has 1 heterocycles. The molecule has 2 heteroatoms. The molecule has 186 valence electrons. The summed E-state index contributed by atoms with van der Waals surface area (Å²) in [6.45, 7) is 2.30. The van der Waals surface area contributed by atoms with Gasteiger partial charge in [-0.15, -0.1) is 0 Å². The van der Waals surface area contributed by atoms with E-state index in [1.54, 1.807) is 0 Å². The minimum absolute atomic E-state index is 0.632. The lowest BCUT2D eigenvalue weighted by Crippen LogP contribution is -2.01. The summed E-state index contributed by atoms with van der Waals surface area (Å²) in [5, 5.41) is 7.89. The molecule has 0 spiro atoms. The van der Waals surface area contributed by atoms with Crippen molar-refractivity contribution in [3.63, 3.8) is 0 Å². The van der Waals surface area contributed by atoms with Gasteiger partial charge < -0.3 is 0 Å². The van der Waals surface area contributed by atoms with Crippen LogP contribution in [0.1, 0.15) is 13.3 Å². The first-order valence-electron chi connectivity index (χ1n) is 13.6. The highest BCUT2D eigenvalue weighted by Crippen LogP contribution is 2.51. The summed E-state index contributed by atoms with van der Waals surface area (Å²) < 4.78 is 0. The first-order chi connectivity index (χ1) is 19.2. The molecule has 0 aromatic heterocycles. The molecule has 6 aromatic carbocycles. The molecule has 0 fully saturated rings. The van der Waals surface area contributed by atoms with Crippen molar-refractivity contribution in [1.82, 2.24) is 0 Å². The third kappa shape index (κ3) is 3.93. The largest absolute Gasteiger partial charge is 0.0922 e. The fraction of sp³-hybridized carbons (Fsp3) is 0.0811. The average Bonchev–Trinajstić information content (AvgIpc) is 3.00. The third-order valence-electron chi connectivity index (χ3n) is 8.03. The van der Waals surface area contributed by atoms with Gasteiger partial charge in [-0.1, -0.05) is 128 Å². The Hall–Kier alpha value is -3.72. The molecule has 2 aliphatic rings. The molecule has 6 aromatic rings. The molecule has 39 heavy (non-hydrogen) atoms. The van der Waals surface area contributed by atoms with Gasteiger partial charge in [0.05, 0.1) is 0 Å². The van der Waals surface area contributed by atoms with Gasteiger partial charge in [-0.05, 0) is 91.2 Å². The lowest BCUT2D eigenvalue weighted by molar-refractivity contribution is 0.727. The summed E-state index contributed by atoms with van der Waals surface area (Å²) in [7, 11) is 0. The normalized spacial score (nSPS) is 16.6. The van der Waals surface area contributed by atoms with E-state index in [9.17, 15) is 0 Å². The van der Waals surface area contributed by atoms with E-state index in [2.05, 4.69) is 128 Å². The second-order valence-electron chi connectivity index (χ2n) is 10.6. The fourth-order valence-corrected chi connectivity index (χ4v) is 8.57. The number of benzene rings is 6. The van der Waals surface area contributed by atoms with Crippen LogP contribution >= 0.6 is 23.5 Å². The highest BCUT2D eigenvalue weighted by molar-refractivity contribution is 8.09. The molecule has 0 bridgehead atoms. The van der Waals surface area contributed by atoms with E-state index >= 15 is 0 Å². The Bertz CT molecular complexity index is 1980. The first kappa shape index (κ1) is 23.2. The van der Waals surface area contributed by atoms with Crippen molar-refractivity contribution in [3.05, 3.63) is 131 Å². The van der Waals surface area contributed by atoms with Gasteiger partial charge in [0.2, 0.25) is 0 Å². The van der Waals surface area contributed by atoms with Crippen LogP contribution in [0.3, 0.4) is 0 Å². The van der Waals surface area contributed by atoms with Crippen LogP contribution in [0.2, 0.25) is 0 Å². The van der Waals surface area contributed by atoms with E-state index in [1.165, 1.54) is 74.2 Å². The van der Waals surface area contributed by atoms with Crippen molar-refractivity contribution in [2.24, 2.45) is 5.92 Å². The zero-order valence-electron chi connectivity index (χ0n) is 21.6. The van der Waals surface area contributed by atoms with Crippen LogP contribution < -0.4 is 0 Å². The number of thioether (sulfide) groups is 2. The van der Waals surface area contributed by atoms with Crippen molar-refractivity contribution in [2.45, 2.75) is 23.1 Å². The Balaban J connectivity index is 1.21. The maximum atomic E-state index is 2.38. The molecule has 0 nitrogen and oxygen atoms in total. The van der Waals surface area contributed by atoms with E-state index in [0.29, 0.717) is 5.92 Å². The minimum atomic E-state index is 0.632. The molecule has 1 aliphatic heterocycles. The predicted molar refractivity (Wildman–Crippen MR) is 171 cm³/mol. The maximum Gasteiger partial charge on any atom is 0.0268 e. The third-order valence-corrected chi connectivity index (χ3v) is 10.7. The molecule has 0 saturated carbocycles. The minimum Gasteiger partial charge on any atom is -0.0922 e. The Kier molecular flexibility index (Phi) is 5.46. The summed E-state index contributed by atoms with van der Waals surface area (Å²) >= 11 is 3.89. The van der Waals surface area contributed by atoms with Crippen LogP contribution in [0.4, 0.5) is 0 Å². The quantitative estimate of drug-likeness (QED) is 0.203. The lowest BCUT2D eigenvalue weighted by atomic mass is 9.91. The molecular weight excluding hydrogens is 509 g/mol. The zero-order valence-corrected chi connectivity index (χ0v) is 23.3. The molecule has 1 aliphatic carbocycles. The smallest absolute Gasteiger partial charge is 0.0268 e. The van der Waals surface area contributed by atoms with Gasteiger partial charge in [0.25, 0.3) is 0 Å². The van der Waals surface area contributed by atoms with E-state index in [-0.39, 0.29) is 0 Å². The maximum absolute atomic E-state index is 2.38. The topological polar surface area (TPSA) is 0 Å². The van der Waals surface area contributed by atoms with Crippen LogP contribution in [0.15, 0.2) is 141 Å². The monoisotopic (exact) mass is 534 g/mol. The number of hydrogen-bond acceptors (Lipinski definition) is 2. The molecule has 0 saturated heterocycles. The van der Waals surface area contributed by atoms with E-state index in [0.717, 1.165) is 6.42 Å². The number of fused-ring (bicyclic) bond motifs is 7.